The number of amides is 1. The predicted octanol–water partition coefficient (Wildman–Crippen LogP) is 3.90. The standard InChI is InChI=1S/C24H32N2O5/c1-7-18(26-31-8-2)24-19(28)9-16(10-20(24)29)23-13(4)17(11-21(25)30)12(3)22(14(23)5)15(6)27/h16,28H,7-11H2,1-6H3,(H2,25,30)/b26-18-. The molecule has 0 heterocycles. The number of Topliss-reactive ketones (excluding diaryl/α,β-unsaturated/α-hetero) is 2. The summed E-state index contributed by atoms with van der Waals surface area (Å²) < 4.78 is 0. The SMILES string of the molecule is CCO/N=C(/CC)C1=C(O)CC(c2c(C)c(CC(N)=O)c(C)c(C(C)=O)c2C)CC1=O. The number of carbonyl (C=O) groups excluding carboxylic acids is 3. The fraction of sp³-hybridized carbons (Fsp3) is 0.500. The van der Waals surface area contributed by atoms with Crippen LogP contribution in [0.3, 0.4) is 0 Å². The number of ketones is 2. The highest BCUT2D eigenvalue weighted by molar-refractivity contribution is 6.23. The summed E-state index contributed by atoms with van der Waals surface area (Å²) in [5.74, 6) is -1.15. The maximum absolute atomic E-state index is 13.0. The molecule has 1 atom stereocenters. The Bertz CT molecular complexity index is 988. The summed E-state index contributed by atoms with van der Waals surface area (Å²) >= 11 is 0. The lowest BCUT2D eigenvalue weighted by molar-refractivity contribution is -0.117. The van der Waals surface area contributed by atoms with Crippen LogP contribution in [0, 0.1) is 20.8 Å². The van der Waals surface area contributed by atoms with E-state index in [-0.39, 0.29) is 48.1 Å². The van der Waals surface area contributed by atoms with Crippen molar-refractivity contribution in [2.75, 3.05) is 6.61 Å². The molecule has 0 radical (unpaired) electrons. The molecule has 2 rings (SSSR count). The van der Waals surface area contributed by atoms with Gasteiger partial charge in [-0.2, -0.15) is 0 Å². The van der Waals surface area contributed by atoms with Crippen LogP contribution >= 0.6 is 0 Å². The third-order valence-corrected chi connectivity index (χ3v) is 5.94. The molecular weight excluding hydrogens is 396 g/mol. The van der Waals surface area contributed by atoms with E-state index >= 15 is 0 Å². The molecule has 0 bridgehead atoms. The van der Waals surface area contributed by atoms with E-state index in [1.54, 1.807) is 6.92 Å². The molecule has 3 N–H and O–H groups in total. The summed E-state index contributed by atoms with van der Waals surface area (Å²) in [6.07, 6.45) is 0.878. The van der Waals surface area contributed by atoms with Gasteiger partial charge in [0.25, 0.3) is 0 Å². The average Bonchev–Trinajstić information content (AvgIpc) is 2.66. The first-order valence-electron chi connectivity index (χ1n) is 10.6. The molecule has 0 saturated heterocycles. The Hall–Kier alpha value is -2.96. The summed E-state index contributed by atoms with van der Waals surface area (Å²) in [5, 5.41) is 14.8. The van der Waals surface area contributed by atoms with Crippen LogP contribution < -0.4 is 5.73 Å². The summed E-state index contributed by atoms with van der Waals surface area (Å²) in [6.45, 7) is 11.1. The van der Waals surface area contributed by atoms with Crippen LogP contribution in [0.25, 0.3) is 0 Å². The second kappa shape index (κ2) is 9.90. The highest BCUT2D eigenvalue weighted by Crippen LogP contribution is 2.40. The zero-order chi connectivity index (χ0) is 23.5. The van der Waals surface area contributed by atoms with Crippen LogP contribution in [0.2, 0.25) is 0 Å². The molecule has 31 heavy (non-hydrogen) atoms. The van der Waals surface area contributed by atoms with E-state index in [1.807, 2.05) is 27.7 Å². The lowest BCUT2D eigenvalue weighted by Crippen LogP contribution is -2.26. The lowest BCUT2D eigenvalue weighted by Gasteiger charge is -2.29. The first-order valence-corrected chi connectivity index (χ1v) is 10.6. The van der Waals surface area contributed by atoms with Gasteiger partial charge in [0.05, 0.1) is 17.7 Å². The van der Waals surface area contributed by atoms with Crippen LogP contribution in [-0.4, -0.2) is 34.9 Å². The third kappa shape index (κ3) is 4.86. The van der Waals surface area contributed by atoms with Gasteiger partial charge in [-0.25, -0.2) is 0 Å². The number of hydrogen-bond acceptors (Lipinski definition) is 6. The molecule has 0 aliphatic heterocycles. The van der Waals surface area contributed by atoms with Gasteiger partial charge in [-0.15, -0.1) is 0 Å². The number of benzene rings is 1. The number of rotatable bonds is 8. The number of primary amides is 1. The first kappa shape index (κ1) is 24.3. The van der Waals surface area contributed by atoms with E-state index in [0.29, 0.717) is 29.9 Å². The molecule has 0 aromatic heterocycles. The Labute approximate surface area is 183 Å². The fourth-order valence-electron chi connectivity index (χ4n) is 4.73. The van der Waals surface area contributed by atoms with Gasteiger partial charge in [-0.05, 0) is 74.8 Å². The minimum Gasteiger partial charge on any atom is -0.511 e. The van der Waals surface area contributed by atoms with Crippen molar-refractivity contribution in [3.8, 4) is 0 Å². The van der Waals surface area contributed by atoms with Crippen molar-refractivity contribution in [3.63, 3.8) is 0 Å². The zero-order valence-corrected chi connectivity index (χ0v) is 19.2. The van der Waals surface area contributed by atoms with E-state index in [1.165, 1.54) is 6.92 Å². The van der Waals surface area contributed by atoms with Crippen molar-refractivity contribution in [1.29, 1.82) is 0 Å². The van der Waals surface area contributed by atoms with Gasteiger partial charge < -0.3 is 15.7 Å². The van der Waals surface area contributed by atoms with E-state index in [0.717, 1.165) is 22.3 Å². The number of carbonyl (C=O) groups is 3. The molecule has 0 spiro atoms. The smallest absolute Gasteiger partial charge is 0.221 e. The molecule has 7 heteroatoms. The summed E-state index contributed by atoms with van der Waals surface area (Å²) in [7, 11) is 0. The Balaban J connectivity index is 2.65. The normalized spacial score (nSPS) is 17.2. The number of nitrogens with two attached hydrogens (primary N) is 1. The molecule has 1 unspecified atom stereocenters. The highest BCUT2D eigenvalue weighted by Gasteiger charge is 2.34. The molecule has 0 saturated carbocycles. The van der Waals surface area contributed by atoms with Crippen LogP contribution in [0.4, 0.5) is 0 Å². The number of oxime groups is 1. The first-order chi connectivity index (χ1) is 14.5. The Morgan fingerprint density at radius 2 is 1.77 bits per heavy atom. The second-order valence-corrected chi connectivity index (χ2v) is 8.00. The minimum absolute atomic E-state index is 0.0139. The Kier molecular flexibility index (Phi) is 7.76. The molecule has 1 aromatic rings. The summed E-state index contributed by atoms with van der Waals surface area (Å²) in [6, 6.07) is 0. The van der Waals surface area contributed by atoms with Gasteiger partial charge in [0.1, 0.15) is 12.4 Å². The van der Waals surface area contributed by atoms with E-state index in [4.69, 9.17) is 10.6 Å². The topological polar surface area (TPSA) is 119 Å². The van der Waals surface area contributed by atoms with Crippen molar-refractivity contribution in [2.45, 2.75) is 73.1 Å². The van der Waals surface area contributed by atoms with E-state index < -0.39 is 5.91 Å². The minimum atomic E-state index is -0.486. The maximum atomic E-state index is 13.0. The zero-order valence-electron chi connectivity index (χ0n) is 19.2. The third-order valence-electron chi connectivity index (χ3n) is 5.94. The highest BCUT2D eigenvalue weighted by atomic mass is 16.6. The number of allylic oxidation sites excluding steroid dienone is 2. The predicted molar refractivity (Wildman–Crippen MR) is 120 cm³/mol. The van der Waals surface area contributed by atoms with Crippen molar-refractivity contribution >= 4 is 23.2 Å². The monoisotopic (exact) mass is 428 g/mol. The van der Waals surface area contributed by atoms with E-state index in [9.17, 15) is 19.5 Å². The van der Waals surface area contributed by atoms with E-state index in [2.05, 4.69) is 5.16 Å². The van der Waals surface area contributed by atoms with Gasteiger partial charge in [0.2, 0.25) is 5.91 Å². The van der Waals surface area contributed by atoms with Gasteiger partial charge in [0.15, 0.2) is 11.6 Å². The molecule has 1 aliphatic carbocycles. The largest absolute Gasteiger partial charge is 0.511 e. The quantitative estimate of drug-likeness (QED) is 0.370. The average molecular weight is 429 g/mol. The van der Waals surface area contributed by atoms with Crippen LogP contribution in [-0.2, 0) is 20.8 Å². The molecule has 1 aliphatic rings. The molecule has 1 amide bonds. The number of hydrogen-bond donors (Lipinski definition) is 2. The number of aliphatic hydroxyl groups excluding tert-OH is 1. The van der Waals surface area contributed by atoms with Crippen LogP contribution in [0.5, 0.6) is 0 Å². The van der Waals surface area contributed by atoms with Crippen molar-refractivity contribution in [2.24, 2.45) is 10.9 Å². The number of aliphatic hydroxyl groups is 1. The molecule has 168 valence electrons. The Morgan fingerprint density at radius 1 is 1.13 bits per heavy atom. The maximum Gasteiger partial charge on any atom is 0.221 e. The van der Waals surface area contributed by atoms with Gasteiger partial charge in [0, 0.05) is 18.4 Å². The molecule has 1 aromatic carbocycles. The lowest BCUT2D eigenvalue weighted by atomic mass is 9.74. The van der Waals surface area contributed by atoms with Crippen molar-refractivity contribution < 1.29 is 24.3 Å². The fourth-order valence-corrected chi connectivity index (χ4v) is 4.73. The van der Waals surface area contributed by atoms with Crippen molar-refractivity contribution in [3.05, 3.63) is 44.7 Å². The molecule has 7 nitrogen and oxygen atoms in total. The van der Waals surface area contributed by atoms with Gasteiger partial charge in [-0.1, -0.05) is 12.1 Å². The summed E-state index contributed by atoms with van der Waals surface area (Å²) in [4.78, 5) is 42.2. The Morgan fingerprint density at radius 3 is 2.26 bits per heavy atom. The van der Waals surface area contributed by atoms with Gasteiger partial charge in [-0.3, -0.25) is 14.4 Å². The van der Waals surface area contributed by atoms with Crippen LogP contribution in [0.15, 0.2) is 16.5 Å². The van der Waals surface area contributed by atoms with Crippen LogP contribution in [0.1, 0.15) is 84.1 Å². The van der Waals surface area contributed by atoms with Gasteiger partial charge >= 0.3 is 0 Å². The molecular formula is C24H32N2O5. The second-order valence-electron chi connectivity index (χ2n) is 8.00. The molecule has 0 fully saturated rings. The number of nitrogens with zero attached hydrogens (tertiary/aromatic N) is 1. The summed E-state index contributed by atoms with van der Waals surface area (Å²) in [5.41, 5.74) is 10.6. The van der Waals surface area contributed by atoms with Crippen molar-refractivity contribution in [1.82, 2.24) is 0 Å².